The van der Waals surface area contributed by atoms with Crippen molar-refractivity contribution in [2.75, 3.05) is 0 Å². The molecule has 0 bridgehead atoms. The lowest BCUT2D eigenvalue weighted by Gasteiger charge is -2.29. The molecule has 0 unspecified atom stereocenters. The molecule has 1 amide bonds. The quantitative estimate of drug-likeness (QED) is 0.550. The Morgan fingerprint density at radius 3 is 2.47 bits per heavy atom. The van der Waals surface area contributed by atoms with Gasteiger partial charge >= 0.3 is 0 Å². The predicted molar refractivity (Wildman–Crippen MR) is 113 cm³/mol. The fourth-order valence-electron chi connectivity index (χ4n) is 3.52. The summed E-state index contributed by atoms with van der Waals surface area (Å²) < 4.78 is 27.1. The van der Waals surface area contributed by atoms with E-state index in [2.05, 4.69) is 9.97 Å². The van der Waals surface area contributed by atoms with Gasteiger partial charge in [-0.3, -0.25) is 14.6 Å². The number of H-pyrrole nitrogens is 1. The number of fused-ring (bicyclic) bond motifs is 1. The highest BCUT2D eigenvalue weighted by Crippen LogP contribution is 2.41. The van der Waals surface area contributed by atoms with Crippen molar-refractivity contribution in [2.24, 2.45) is 5.73 Å². The Kier molecular flexibility index (Phi) is 6.73. The summed E-state index contributed by atoms with van der Waals surface area (Å²) in [6, 6.07) is 9.89. The Balaban J connectivity index is 0.000000269. The summed E-state index contributed by atoms with van der Waals surface area (Å²) in [5.74, 6) is -3.90. The Morgan fingerprint density at radius 1 is 1.20 bits per heavy atom. The molecule has 1 fully saturated rings. The maximum absolute atomic E-state index is 13.6. The lowest BCUT2D eigenvalue weighted by Crippen LogP contribution is -2.26. The van der Waals surface area contributed by atoms with Crippen LogP contribution in [0, 0.1) is 0 Å². The van der Waals surface area contributed by atoms with Gasteiger partial charge in [-0.15, -0.1) is 0 Å². The number of amides is 1. The van der Waals surface area contributed by atoms with Crippen molar-refractivity contribution in [3.05, 3.63) is 74.3 Å². The number of hydrogen-bond acceptors (Lipinski definition) is 3. The zero-order valence-corrected chi connectivity index (χ0v) is 17.3. The normalized spacial score (nSPS) is 17.8. The van der Waals surface area contributed by atoms with E-state index in [1.54, 1.807) is 18.2 Å². The highest BCUT2D eigenvalue weighted by Gasteiger charge is 2.37. The molecular formula is C21H19Cl2F2N3O2. The monoisotopic (exact) mass is 453 g/mol. The number of pyridine rings is 2. The van der Waals surface area contributed by atoms with Crippen LogP contribution in [0.15, 0.2) is 47.4 Å². The summed E-state index contributed by atoms with van der Waals surface area (Å²) in [5, 5.41) is 1.45. The van der Waals surface area contributed by atoms with Gasteiger partial charge in [-0.2, -0.15) is 0 Å². The number of primary amides is 1. The number of nitrogens with one attached hydrogen (secondary N) is 1. The molecule has 0 saturated heterocycles. The maximum Gasteiger partial charge on any atom is 0.268 e. The van der Waals surface area contributed by atoms with Crippen molar-refractivity contribution in [1.82, 2.24) is 9.97 Å². The van der Waals surface area contributed by atoms with E-state index in [4.69, 9.17) is 28.9 Å². The van der Waals surface area contributed by atoms with Crippen LogP contribution in [0.3, 0.4) is 0 Å². The summed E-state index contributed by atoms with van der Waals surface area (Å²) in [6.07, 6.45) is 1.99. The molecule has 0 aliphatic heterocycles. The van der Waals surface area contributed by atoms with Gasteiger partial charge in [0.2, 0.25) is 5.92 Å². The standard InChI is InChI=1S/C15H15F2N3O2.C6H4Cl2/c16-15(17)4-1-2-8(7-15)10-6-11(21)12-9(20-10)3-5-19-13(12)14(18)22;7-5-2-1-3-6(8)4-5/h3,5-6,8H,1-2,4,7H2,(H2,18,22)(H,20,21);1-4H/t8-;/m0./s1. The fraction of sp³-hybridized carbons (Fsp3) is 0.286. The number of nitrogens with zero attached hydrogens (tertiary/aromatic N) is 1. The van der Waals surface area contributed by atoms with Gasteiger partial charge in [-0.25, -0.2) is 8.78 Å². The minimum atomic E-state index is -2.70. The minimum absolute atomic E-state index is 0.0984. The first-order valence-electron chi connectivity index (χ1n) is 9.27. The molecule has 2 aromatic heterocycles. The SMILES string of the molecule is Clc1cccc(Cl)c1.NC(=O)c1nccc2[nH]c([C@H]3CCCC(F)(F)C3)cc(=O)c12. The van der Waals surface area contributed by atoms with E-state index in [0.717, 1.165) is 0 Å². The van der Waals surface area contributed by atoms with E-state index in [0.29, 0.717) is 34.1 Å². The molecule has 3 aromatic rings. The second kappa shape index (κ2) is 9.10. The highest BCUT2D eigenvalue weighted by atomic mass is 35.5. The number of hydrogen-bond donors (Lipinski definition) is 2. The van der Waals surface area contributed by atoms with Gasteiger partial charge in [-0.1, -0.05) is 29.3 Å². The summed E-state index contributed by atoms with van der Waals surface area (Å²) in [6.45, 7) is 0. The molecule has 1 aliphatic rings. The Hall–Kier alpha value is -2.51. The van der Waals surface area contributed by atoms with Crippen molar-refractivity contribution >= 4 is 40.0 Å². The Labute approximate surface area is 181 Å². The molecule has 1 aliphatic carbocycles. The first kappa shape index (κ1) is 22.2. The largest absolute Gasteiger partial charge is 0.364 e. The van der Waals surface area contributed by atoms with Crippen LogP contribution in [0.1, 0.15) is 47.8 Å². The molecular weight excluding hydrogens is 435 g/mol. The summed E-state index contributed by atoms with van der Waals surface area (Å²) >= 11 is 11.1. The van der Waals surface area contributed by atoms with Crippen molar-refractivity contribution in [3.8, 4) is 0 Å². The number of aromatic amines is 1. The number of halogens is 4. The Bertz CT molecular complexity index is 1120. The molecule has 3 N–H and O–H groups in total. The van der Waals surface area contributed by atoms with Crippen LogP contribution < -0.4 is 11.2 Å². The van der Waals surface area contributed by atoms with Crippen LogP contribution in [-0.2, 0) is 0 Å². The third-order valence-electron chi connectivity index (χ3n) is 4.86. The van der Waals surface area contributed by atoms with Crippen LogP contribution in [-0.4, -0.2) is 21.8 Å². The summed E-state index contributed by atoms with van der Waals surface area (Å²) in [7, 11) is 0. The topological polar surface area (TPSA) is 88.8 Å². The van der Waals surface area contributed by atoms with Gasteiger partial charge in [0.05, 0.1) is 10.9 Å². The van der Waals surface area contributed by atoms with Crippen molar-refractivity contribution in [1.29, 1.82) is 0 Å². The molecule has 0 spiro atoms. The van der Waals surface area contributed by atoms with Gasteiger partial charge < -0.3 is 10.7 Å². The molecule has 0 radical (unpaired) electrons. The summed E-state index contributed by atoms with van der Waals surface area (Å²) in [4.78, 5) is 30.4. The lowest BCUT2D eigenvalue weighted by molar-refractivity contribution is -0.0412. The van der Waals surface area contributed by atoms with Crippen LogP contribution in [0.5, 0.6) is 0 Å². The molecule has 2 heterocycles. The third kappa shape index (κ3) is 5.34. The number of rotatable bonds is 2. The zero-order chi connectivity index (χ0) is 21.9. The van der Waals surface area contributed by atoms with Crippen LogP contribution in [0.4, 0.5) is 8.78 Å². The first-order valence-corrected chi connectivity index (χ1v) is 10.0. The smallest absolute Gasteiger partial charge is 0.268 e. The van der Waals surface area contributed by atoms with E-state index < -0.39 is 23.2 Å². The number of nitrogens with two attached hydrogens (primary N) is 1. The highest BCUT2D eigenvalue weighted by molar-refractivity contribution is 6.34. The molecule has 1 atom stereocenters. The van der Waals surface area contributed by atoms with Gasteiger partial charge in [-0.05, 0) is 37.1 Å². The average molecular weight is 454 g/mol. The van der Waals surface area contributed by atoms with E-state index >= 15 is 0 Å². The van der Waals surface area contributed by atoms with Gasteiger partial charge in [0.15, 0.2) is 5.43 Å². The fourth-order valence-corrected chi connectivity index (χ4v) is 3.96. The molecule has 9 heteroatoms. The zero-order valence-electron chi connectivity index (χ0n) is 15.8. The van der Waals surface area contributed by atoms with Gasteiger partial charge in [0.25, 0.3) is 5.91 Å². The maximum atomic E-state index is 13.6. The third-order valence-corrected chi connectivity index (χ3v) is 5.33. The number of aromatic nitrogens is 2. The molecule has 5 nitrogen and oxygen atoms in total. The lowest BCUT2D eigenvalue weighted by atomic mass is 9.84. The number of carbonyl (C=O) groups is 1. The van der Waals surface area contributed by atoms with Crippen molar-refractivity contribution in [2.45, 2.75) is 37.5 Å². The van der Waals surface area contributed by atoms with Gasteiger partial charge in [0.1, 0.15) is 5.69 Å². The molecule has 4 rings (SSSR count). The van der Waals surface area contributed by atoms with Gasteiger partial charge in [0, 0.05) is 46.8 Å². The van der Waals surface area contributed by atoms with E-state index in [1.165, 1.54) is 18.3 Å². The minimum Gasteiger partial charge on any atom is -0.364 e. The second-order valence-corrected chi connectivity index (χ2v) is 8.00. The second-order valence-electron chi connectivity index (χ2n) is 7.12. The predicted octanol–water partition coefficient (Wildman–Crippen LogP) is 5.31. The van der Waals surface area contributed by atoms with Crippen LogP contribution in [0.2, 0.25) is 10.0 Å². The average Bonchev–Trinajstić information content (AvgIpc) is 2.67. The molecule has 1 saturated carbocycles. The van der Waals surface area contributed by atoms with E-state index in [1.807, 2.05) is 6.07 Å². The van der Waals surface area contributed by atoms with Crippen LogP contribution >= 0.6 is 23.2 Å². The van der Waals surface area contributed by atoms with E-state index in [-0.39, 0.29) is 23.9 Å². The number of benzene rings is 1. The molecule has 1 aromatic carbocycles. The van der Waals surface area contributed by atoms with Crippen molar-refractivity contribution < 1.29 is 13.6 Å². The Morgan fingerprint density at radius 2 is 1.90 bits per heavy atom. The van der Waals surface area contributed by atoms with Crippen molar-refractivity contribution in [3.63, 3.8) is 0 Å². The van der Waals surface area contributed by atoms with Crippen LogP contribution in [0.25, 0.3) is 10.9 Å². The first-order chi connectivity index (χ1) is 14.2. The summed E-state index contributed by atoms with van der Waals surface area (Å²) in [5.41, 5.74) is 5.53. The van der Waals surface area contributed by atoms with E-state index in [9.17, 15) is 18.4 Å². The molecule has 158 valence electrons. The number of carbonyl (C=O) groups excluding carboxylic acids is 1. The molecule has 30 heavy (non-hydrogen) atoms. The number of alkyl halides is 2.